The van der Waals surface area contributed by atoms with E-state index in [1.807, 2.05) is 26.0 Å². The van der Waals surface area contributed by atoms with Crippen LogP contribution in [0.3, 0.4) is 0 Å². The van der Waals surface area contributed by atoms with Crippen LogP contribution in [0.1, 0.15) is 21.5 Å². The molecule has 0 aromatic heterocycles. The molecular weight excluding hydrogens is 298 g/mol. The quantitative estimate of drug-likeness (QED) is 0.638. The molecule has 0 spiro atoms. The van der Waals surface area contributed by atoms with Gasteiger partial charge in [-0.2, -0.15) is 0 Å². The molecule has 0 N–H and O–H groups in total. The summed E-state index contributed by atoms with van der Waals surface area (Å²) < 4.78 is 5.23. The first-order chi connectivity index (χ1) is 9.52. The molecule has 0 saturated heterocycles. The molecule has 0 aliphatic heterocycles. The van der Waals surface area contributed by atoms with Gasteiger partial charge in [0.15, 0.2) is 5.52 Å². The maximum absolute atomic E-state index is 12.5. The van der Waals surface area contributed by atoms with Crippen molar-refractivity contribution in [2.45, 2.75) is 13.8 Å². The van der Waals surface area contributed by atoms with Gasteiger partial charge >= 0.3 is 18.9 Å². The number of benzene rings is 2. The van der Waals surface area contributed by atoms with Crippen LogP contribution < -0.4 is 10.0 Å². The fourth-order valence-electron chi connectivity index (χ4n) is 2.03. The van der Waals surface area contributed by atoms with Gasteiger partial charge in [0.05, 0.1) is 17.7 Å². The molecular formula is C16H17ClLiO2P. The fourth-order valence-corrected chi connectivity index (χ4v) is 3.43. The van der Waals surface area contributed by atoms with Gasteiger partial charge in [-0.3, -0.25) is 4.79 Å². The molecule has 0 amide bonds. The second-order valence-electron chi connectivity index (χ2n) is 4.59. The van der Waals surface area contributed by atoms with E-state index < -0.39 is 0 Å². The molecule has 0 bridgehead atoms. The first-order valence-corrected chi connectivity index (χ1v) is 7.62. The average Bonchev–Trinajstić information content (AvgIpc) is 2.41. The number of ether oxygens (including phenoxy) is 1. The zero-order chi connectivity index (χ0) is 14.7. The van der Waals surface area contributed by atoms with Gasteiger partial charge in [-0.25, -0.2) is 0 Å². The minimum absolute atomic E-state index is 0. The van der Waals surface area contributed by atoms with Crippen molar-refractivity contribution < 1.29 is 9.53 Å². The van der Waals surface area contributed by atoms with Crippen molar-refractivity contribution in [2.75, 3.05) is 7.11 Å². The fraction of sp³-hybridized carbons (Fsp3) is 0.188. The molecule has 0 saturated carbocycles. The number of halogens is 1. The Hall–Kier alpha value is -0.773. The van der Waals surface area contributed by atoms with Crippen molar-refractivity contribution >= 4 is 49.9 Å². The van der Waals surface area contributed by atoms with E-state index in [1.165, 1.54) is 5.56 Å². The Kier molecular flexibility index (Phi) is 6.98. The number of methoxy groups -OCH3 is 1. The van der Waals surface area contributed by atoms with Gasteiger partial charge in [0.2, 0.25) is 0 Å². The second kappa shape index (κ2) is 8.02. The van der Waals surface area contributed by atoms with E-state index in [-0.39, 0.29) is 33.0 Å². The van der Waals surface area contributed by atoms with Crippen LogP contribution >= 0.6 is 20.2 Å². The van der Waals surface area contributed by atoms with E-state index in [1.54, 1.807) is 25.3 Å². The number of aryl methyl sites for hydroxylation is 2. The van der Waals surface area contributed by atoms with Gasteiger partial charge in [-0.1, -0.05) is 41.4 Å². The Labute approximate surface area is 144 Å². The molecule has 1 atom stereocenters. The Morgan fingerprint density at radius 2 is 1.90 bits per heavy atom. The number of rotatable bonds is 4. The normalized spacial score (nSPS) is 10.5. The molecule has 0 aliphatic rings. The summed E-state index contributed by atoms with van der Waals surface area (Å²) >= 11 is 6.14. The monoisotopic (exact) mass is 314 g/mol. The third-order valence-corrected chi connectivity index (χ3v) is 4.67. The van der Waals surface area contributed by atoms with Crippen molar-refractivity contribution in [2.24, 2.45) is 0 Å². The second-order valence-corrected chi connectivity index (χ2v) is 6.24. The summed E-state index contributed by atoms with van der Waals surface area (Å²) in [6, 6.07) is 11.4. The summed E-state index contributed by atoms with van der Waals surface area (Å²) in [6.45, 7) is 4.06. The third kappa shape index (κ3) is 4.35. The molecule has 2 nitrogen and oxygen atoms in total. The van der Waals surface area contributed by atoms with E-state index >= 15 is 0 Å². The van der Waals surface area contributed by atoms with Crippen LogP contribution in [0.15, 0.2) is 36.4 Å². The Balaban J connectivity index is 0.00000220. The average molecular weight is 315 g/mol. The maximum atomic E-state index is 12.5. The predicted molar refractivity (Wildman–Crippen MR) is 93.3 cm³/mol. The SMILES string of the molecule is COc1cccc(Cl)c1C(=O)Pc1ccc(C)cc1C.[LiH]. The molecule has 0 fully saturated rings. The summed E-state index contributed by atoms with van der Waals surface area (Å²) in [5.74, 6) is 0.528. The van der Waals surface area contributed by atoms with Gasteiger partial charge in [-0.15, -0.1) is 0 Å². The first-order valence-electron chi connectivity index (χ1n) is 6.24. The summed E-state index contributed by atoms with van der Waals surface area (Å²) in [7, 11) is 1.59. The standard InChI is InChI=1S/C16H16ClO2P.Li.H/c1-10-7-8-14(11(2)9-10)20-16(18)15-12(17)5-4-6-13(15)19-3;;/h4-9,20H,1-3H3;;. The van der Waals surface area contributed by atoms with Crippen LogP contribution in [0.5, 0.6) is 5.75 Å². The number of carbonyl (C=O) groups is 1. The molecule has 21 heavy (non-hydrogen) atoms. The Morgan fingerprint density at radius 1 is 1.19 bits per heavy atom. The number of hydrogen-bond donors (Lipinski definition) is 0. The minimum atomic E-state index is -0.000553. The van der Waals surface area contributed by atoms with Crippen LogP contribution in [0.25, 0.3) is 0 Å². The van der Waals surface area contributed by atoms with Crippen molar-refractivity contribution in [1.82, 2.24) is 0 Å². The van der Waals surface area contributed by atoms with E-state index in [4.69, 9.17) is 16.3 Å². The molecule has 0 heterocycles. The van der Waals surface area contributed by atoms with E-state index in [9.17, 15) is 4.79 Å². The molecule has 106 valence electrons. The summed E-state index contributed by atoms with van der Waals surface area (Å²) in [5, 5.41) is 1.48. The molecule has 2 aromatic rings. The summed E-state index contributed by atoms with van der Waals surface area (Å²) in [5.41, 5.74) is 2.79. The topological polar surface area (TPSA) is 26.3 Å². The van der Waals surface area contributed by atoms with Crippen LogP contribution in [0.4, 0.5) is 0 Å². The zero-order valence-electron chi connectivity index (χ0n) is 11.7. The van der Waals surface area contributed by atoms with Crippen molar-refractivity contribution in [1.29, 1.82) is 0 Å². The molecule has 2 aromatic carbocycles. The van der Waals surface area contributed by atoms with Gasteiger partial charge < -0.3 is 4.74 Å². The summed E-state index contributed by atoms with van der Waals surface area (Å²) in [6.07, 6.45) is 0. The number of carbonyl (C=O) groups excluding carboxylic acids is 1. The van der Waals surface area contributed by atoms with Crippen LogP contribution in [-0.2, 0) is 0 Å². The van der Waals surface area contributed by atoms with Gasteiger partial charge in [0, 0.05) is 0 Å². The summed E-state index contributed by atoms with van der Waals surface area (Å²) in [4.78, 5) is 12.5. The van der Waals surface area contributed by atoms with Gasteiger partial charge in [0.1, 0.15) is 5.75 Å². The molecule has 0 radical (unpaired) electrons. The van der Waals surface area contributed by atoms with E-state index in [0.29, 0.717) is 16.3 Å². The number of hydrogen-bond acceptors (Lipinski definition) is 2. The Bertz CT molecular complexity index is 659. The molecule has 2 rings (SSSR count). The third-order valence-electron chi connectivity index (χ3n) is 3.05. The van der Waals surface area contributed by atoms with Crippen LogP contribution in [0, 0.1) is 13.8 Å². The molecule has 5 heteroatoms. The van der Waals surface area contributed by atoms with E-state index in [0.717, 1.165) is 10.9 Å². The van der Waals surface area contributed by atoms with Crippen molar-refractivity contribution in [3.05, 3.63) is 58.1 Å². The van der Waals surface area contributed by atoms with Gasteiger partial charge in [0.25, 0.3) is 0 Å². The molecule has 0 aliphatic carbocycles. The Morgan fingerprint density at radius 3 is 2.52 bits per heavy atom. The van der Waals surface area contributed by atoms with Crippen molar-refractivity contribution in [3.63, 3.8) is 0 Å². The molecule has 1 unspecified atom stereocenters. The van der Waals surface area contributed by atoms with Crippen molar-refractivity contribution in [3.8, 4) is 5.75 Å². The van der Waals surface area contributed by atoms with Gasteiger partial charge in [-0.05, 0) is 45.4 Å². The van der Waals surface area contributed by atoms with E-state index in [2.05, 4.69) is 6.07 Å². The predicted octanol–water partition coefficient (Wildman–Crippen LogP) is 3.46. The van der Waals surface area contributed by atoms with Crippen LogP contribution in [0.2, 0.25) is 5.02 Å². The van der Waals surface area contributed by atoms with Crippen LogP contribution in [-0.4, -0.2) is 31.5 Å². The first kappa shape index (κ1) is 18.3. The zero-order valence-corrected chi connectivity index (χ0v) is 13.4.